The fourth-order valence-electron chi connectivity index (χ4n) is 1.57. The number of benzene rings is 2. The summed E-state index contributed by atoms with van der Waals surface area (Å²) in [7, 11) is 0. The lowest BCUT2D eigenvalue weighted by Crippen LogP contribution is -1.85. The molecule has 0 amide bonds. The molecule has 0 fully saturated rings. The summed E-state index contributed by atoms with van der Waals surface area (Å²) in [6, 6.07) is 15.2. The van der Waals surface area contributed by atoms with Crippen molar-refractivity contribution in [3.63, 3.8) is 0 Å². The van der Waals surface area contributed by atoms with Gasteiger partial charge in [-0.3, -0.25) is 0 Å². The van der Waals surface area contributed by atoms with Crippen LogP contribution in [0.2, 0.25) is 0 Å². The highest BCUT2D eigenvalue weighted by Gasteiger charge is 1.99. The largest absolute Gasteiger partial charge is 0.0776 e. The first-order valence-electron chi connectivity index (χ1n) is 4.76. The number of hydrogen-bond donors (Lipinski definition) is 0. The van der Waals surface area contributed by atoms with Gasteiger partial charge in [-0.2, -0.15) is 0 Å². The zero-order valence-electron chi connectivity index (χ0n) is 8.12. The Labute approximate surface area is 86.6 Å². The molecule has 0 unspecified atom stereocenters. The van der Waals surface area contributed by atoms with Crippen LogP contribution in [-0.4, -0.2) is 0 Å². The van der Waals surface area contributed by atoms with Crippen LogP contribution in [0.25, 0.3) is 10.8 Å². The van der Waals surface area contributed by atoms with Crippen LogP contribution in [-0.2, 0) is 0 Å². The maximum atomic E-state index is 2.28. The molecule has 2 aromatic carbocycles. The van der Waals surface area contributed by atoms with Crippen molar-refractivity contribution in [1.29, 1.82) is 0 Å². The molecule has 0 heterocycles. The molecule has 14 heavy (non-hydrogen) atoms. The Bertz CT molecular complexity index is 413. The summed E-state index contributed by atoms with van der Waals surface area (Å²) >= 11 is 0. The lowest BCUT2D eigenvalue weighted by atomic mass is 9.99. The maximum Gasteiger partial charge on any atom is -0.0181 e. The standard InChI is InChI=1S/C13H14.CH4/c1-10(2)12-8-7-11-5-3-4-6-13(11)9-12;/h3-10H,1-2H3;1H4. The van der Waals surface area contributed by atoms with Gasteiger partial charge in [-0.1, -0.05) is 63.7 Å². The van der Waals surface area contributed by atoms with Gasteiger partial charge < -0.3 is 0 Å². The summed E-state index contributed by atoms with van der Waals surface area (Å²) in [5.74, 6) is 0.615. The third-order valence-corrected chi connectivity index (χ3v) is 2.44. The molecular weight excluding hydrogens is 168 g/mol. The molecule has 0 aliphatic rings. The van der Waals surface area contributed by atoms with Gasteiger partial charge in [-0.15, -0.1) is 0 Å². The molecule has 0 saturated carbocycles. The molecule has 74 valence electrons. The minimum absolute atomic E-state index is 0. The van der Waals surface area contributed by atoms with Gasteiger partial charge in [0.05, 0.1) is 0 Å². The van der Waals surface area contributed by atoms with Gasteiger partial charge in [0, 0.05) is 0 Å². The Kier molecular flexibility index (Phi) is 3.29. The van der Waals surface area contributed by atoms with E-state index in [1.165, 1.54) is 16.3 Å². The lowest BCUT2D eigenvalue weighted by Gasteiger charge is -2.06. The molecule has 0 spiro atoms. The molecule has 0 aliphatic carbocycles. The Morgan fingerprint density at radius 1 is 0.857 bits per heavy atom. The maximum absolute atomic E-state index is 2.28. The fourth-order valence-corrected chi connectivity index (χ4v) is 1.57. The molecule has 0 radical (unpaired) electrons. The smallest absolute Gasteiger partial charge is 0.0181 e. The van der Waals surface area contributed by atoms with Crippen molar-refractivity contribution < 1.29 is 0 Å². The van der Waals surface area contributed by atoms with Gasteiger partial charge >= 0.3 is 0 Å². The quantitative estimate of drug-likeness (QED) is 0.610. The molecule has 0 bridgehead atoms. The van der Waals surface area contributed by atoms with E-state index in [4.69, 9.17) is 0 Å². The molecule has 2 aromatic rings. The Balaban J connectivity index is 0.000000980. The van der Waals surface area contributed by atoms with Gasteiger partial charge in [0.15, 0.2) is 0 Å². The summed E-state index contributed by atoms with van der Waals surface area (Å²) in [5.41, 5.74) is 1.42. The molecule has 0 atom stereocenters. The highest BCUT2D eigenvalue weighted by Crippen LogP contribution is 2.20. The zero-order chi connectivity index (χ0) is 9.26. The van der Waals surface area contributed by atoms with Crippen LogP contribution >= 0.6 is 0 Å². The van der Waals surface area contributed by atoms with Crippen LogP contribution < -0.4 is 0 Å². The summed E-state index contributed by atoms with van der Waals surface area (Å²) in [4.78, 5) is 0. The van der Waals surface area contributed by atoms with E-state index in [9.17, 15) is 0 Å². The fraction of sp³-hybridized carbons (Fsp3) is 0.286. The highest BCUT2D eigenvalue weighted by atomic mass is 14.0. The van der Waals surface area contributed by atoms with E-state index in [-0.39, 0.29) is 7.43 Å². The van der Waals surface area contributed by atoms with Crippen molar-refractivity contribution in [3.8, 4) is 0 Å². The Hall–Kier alpha value is -1.30. The van der Waals surface area contributed by atoms with Crippen molar-refractivity contribution in [2.45, 2.75) is 27.2 Å². The van der Waals surface area contributed by atoms with Crippen molar-refractivity contribution in [1.82, 2.24) is 0 Å². The van der Waals surface area contributed by atoms with E-state index < -0.39 is 0 Å². The molecule has 0 saturated heterocycles. The lowest BCUT2D eigenvalue weighted by molar-refractivity contribution is 0.869. The first kappa shape index (κ1) is 10.8. The number of hydrogen-bond acceptors (Lipinski definition) is 0. The molecule has 2 rings (SSSR count). The van der Waals surface area contributed by atoms with E-state index >= 15 is 0 Å². The molecular formula is C14H18. The minimum atomic E-state index is 0. The topological polar surface area (TPSA) is 0 Å². The van der Waals surface area contributed by atoms with E-state index in [1.807, 2.05) is 0 Å². The van der Waals surface area contributed by atoms with Crippen molar-refractivity contribution in [2.24, 2.45) is 0 Å². The first-order chi connectivity index (χ1) is 6.27. The second kappa shape index (κ2) is 4.28. The van der Waals surface area contributed by atoms with Crippen molar-refractivity contribution in [3.05, 3.63) is 48.0 Å². The molecule has 0 heteroatoms. The van der Waals surface area contributed by atoms with Crippen LogP contribution in [0, 0.1) is 0 Å². The second-order valence-electron chi connectivity index (χ2n) is 3.76. The van der Waals surface area contributed by atoms with Crippen LogP contribution in [0.4, 0.5) is 0 Å². The van der Waals surface area contributed by atoms with Crippen LogP contribution in [0.5, 0.6) is 0 Å². The Morgan fingerprint density at radius 3 is 2.14 bits per heavy atom. The molecule has 0 nitrogen and oxygen atoms in total. The minimum Gasteiger partial charge on any atom is -0.0776 e. The van der Waals surface area contributed by atoms with Crippen molar-refractivity contribution >= 4 is 10.8 Å². The summed E-state index contributed by atoms with van der Waals surface area (Å²) in [6.45, 7) is 4.45. The third-order valence-electron chi connectivity index (χ3n) is 2.44. The van der Waals surface area contributed by atoms with Gasteiger partial charge in [-0.25, -0.2) is 0 Å². The second-order valence-corrected chi connectivity index (χ2v) is 3.76. The Morgan fingerprint density at radius 2 is 1.50 bits per heavy atom. The third kappa shape index (κ3) is 1.95. The van der Waals surface area contributed by atoms with E-state index in [0.717, 1.165) is 0 Å². The SMILES string of the molecule is C.CC(C)c1ccc2ccccc2c1. The van der Waals surface area contributed by atoms with Crippen LogP contribution in [0.1, 0.15) is 32.8 Å². The summed E-state index contributed by atoms with van der Waals surface area (Å²) in [5, 5.41) is 2.67. The molecule has 0 N–H and O–H groups in total. The predicted octanol–water partition coefficient (Wildman–Crippen LogP) is 4.60. The normalized spacial score (nSPS) is 10.2. The van der Waals surface area contributed by atoms with Crippen LogP contribution in [0.3, 0.4) is 0 Å². The average molecular weight is 186 g/mol. The predicted molar refractivity (Wildman–Crippen MR) is 64.8 cm³/mol. The van der Waals surface area contributed by atoms with Gasteiger partial charge in [-0.05, 0) is 22.3 Å². The summed E-state index contributed by atoms with van der Waals surface area (Å²) in [6.07, 6.45) is 0. The number of fused-ring (bicyclic) bond motifs is 1. The van der Waals surface area contributed by atoms with Crippen molar-refractivity contribution in [2.75, 3.05) is 0 Å². The highest BCUT2D eigenvalue weighted by molar-refractivity contribution is 5.83. The number of rotatable bonds is 1. The first-order valence-corrected chi connectivity index (χ1v) is 4.76. The monoisotopic (exact) mass is 186 g/mol. The van der Waals surface area contributed by atoms with E-state index in [2.05, 4.69) is 56.3 Å². The van der Waals surface area contributed by atoms with Gasteiger partial charge in [0.25, 0.3) is 0 Å². The zero-order valence-corrected chi connectivity index (χ0v) is 8.12. The van der Waals surface area contributed by atoms with Gasteiger partial charge in [0.1, 0.15) is 0 Å². The van der Waals surface area contributed by atoms with Gasteiger partial charge in [0.2, 0.25) is 0 Å². The van der Waals surface area contributed by atoms with E-state index in [0.29, 0.717) is 5.92 Å². The summed E-state index contributed by atoms with van der Waals surface area (Å²) < 4.78 is 0. The van der Waals surface area contributed by atoms with E-state index in [1.54, 1.807) is 0 Å². The average Bonchev–Trinajstić information content (AvgIpc) is 2.17. The molecule has 0 aromatic heterocycles. The molecule has 0 aliphatic heterocycles. The van der Waals surface area contributed by atoms with Crippen LogP contribution in [0.15, 0.2) is 42.5 Å².